The highest BCUT2D eigenvalue weighted by Gasteiger charge is 2.38. The third-order valence-corrected chi connectivity index (χ3v) is 5.68. The zero-order valence-electron chi connectivity index (χ0n) is 14.3. The van der Waals surface area contributed by atoms with Gasteiger partial charge < -0.3 is 19.7 Å². The highest BCUT2D eigenvalue weighted by atomic mass is 16.5. The van der Waals surface area contributed by atoms with E-state index in [0.29, 0.717) is 23.1 Å². The van der Waals surface area contributed by atoms with Gasteiger partial charge in [0.25, 0.3) is 5.91 Å². The minimum absolute atomic E-state index is 0.107. The lowest BCUT2D eigenvalue weighted by atomic mass is 10.0. The fraction of sp³-hybridized carbons (Fsp3) is 0.632. The van der Waals surface area contributed by atoms with Crippen LogP contribution in [0.25, 0.3) is 0 Å². The molecule has 0 aromatic heterocycles. The molecule has 130 valence electrons. The molecule has 24 heavy (non-hydrogen) atoms. The molecule has 0 spiro atoms. The summed E-state index contributed by atoms with van der Waals surface area (Å²) in [4.78, 5) is 14.8. The smallest absolute Gasteiger partial charge is 0.254 e. The standard InChI is InChI=1S/C19H26N2O3/c1-23-18-8-13(6-7-17(18)24-16-4-2-3-5-16)19(22)21-11-14-9-20-10-15(14)12-21/h6-8,14-16,20H,2-5,9-12H2,1H3/t14-,15+. The SMILES string of the molecule is COc1cc(C(=O)N2C[C@H]3CNC[C@H]3C2)ccc1OC1CCCC1. The van der Waals surface area contributed by atoms with Gasteiger partial charge in [-0.05, 0) is 55.7 Å². The summed E-state index contributed by atoms with van der Waals surface area (Å²) < 4.78 is 11.5. The van der Waals surface area contributed by atoms with Crippen molar-refractivity contribution in [2.45, 2.75) is 31.8 Å². The lowest BCUT2D eigenvalue weighted by Crippen LogP contribution is -2.31. The van der Waals surface area contributed by atoms with Gasteiger partial charge in [0.1, 0.15) is 0 Å². The van der Waals surface area contributed by atoms with E-state index in [-0.39, 0.29) is 12.0 Å². The number of nitrogens with one attached hydrogen (secondary N) is 1. The second-order valence-electron chi connectivity index (χ2n) is 7.28. The van der Waals surface area contributed by atoms with Crippen molar-refractivity contribution in [3.05, 3.63) is 23.8 Å². The summed E-state index contributed by atoms with van der Waals surface area (Å²) in [5, 5.41) is 3.41. The van der Waals surface area contributed by atoms with Crippen molar-refractivity contribution in [1.82, 2.24) is 10.2 Å². The molecule has 2 saturated heterocycles. The van der Waals surface area contributed by atoms with Crippen LogP contribution in [0, 0.1) is 11.8 Å². The highest BCUT2D eigenvalue weighted by molar-refractivity contribution is 5.95. The molecule has 5 heteroatoms. The van der Waals surface area contributed by atoms with Crippen LogP contribution in [0.2, 0.25) is 0 Å². The molecule has 1 aliphatic carbocycles. The summed E-state index contributed by atoms with van der Waals surface area (Å²) in [7, 11) is 1.64. The topological polar surface area (TPSA) is 50.8 Å². The first-order chi connectivity index (χ1) is 11.7. The van der Waals surface area contributed by atoms with Crippen molar-refractivity contribution >= 4 is 5.91 Å². The fourth-order valence-electron chi connectivity index (χ4n) is 4.29. The van der Waals surface area contributed by atoms with Crippen LogP contribution >= 0.6 is 0 Å². The van der Waals surface area contributed by atoms with E-state index in [1.54, 1.807) is 7.11 Å². The van der Waals surface area contributed by atoms with Gasteiger partial charge in [-0.25, -0.2) is 0 Å². The number of methoxy groups -OCH3 is 1. The molecule has 1 aromatic rings. The molecule has 0 bridgehead atoms. The number of hydrogen-bond acceptors (Lipinski definition) is 4. The number of amides is 1. The minimum atomic E-state index is 0.107. The van der Waals surface area contributed by atoms with Gasteiger partial charge in [0, 0.05) is 31.7 Å². The molecule has 1 amide bonds. The van der Waals surface area contributed by atoms with Crippen molar-refractivity contribution in [3.8, 4) is 11.5 Å². The first-order valence-corrected chi connectivity index (χ1v) is 9.09. The van der Waals surface area contributed by atoms with Crippen LogP contribution in [0.5, 0.6) is 11.5 Å². The molecule has 4 rings (SSSR count). The molecule has 1 aromatic carbocycles. The molecule has 0 radical (unpaired) electrons. The van der Waals surface area contributed by atoms with Gasteiger partial charge in [-0.3, -0.25) is 4.79 Å². The monoisotopic (exact) mass is 330 g/mol. The third kappa shape index (κ3) is 2.97. The Morgan fingerprint density at radius 2 is 1.83 bits per heavy atom. The van der Waals surface area contributed by atoms with Gasteiger partial charge in [0.05, 0.1) is 13.2 Å². The van der Waals surface area contributed by atoms with Gasteiger partial charge in [-0.1, -0.05) is 0 Å². The zero-order valence-corrected chi connectivity index (χ0v) is 14.3. The van der Waals surface area contributed by atoms with Crippen LogP contribution in [-0.2, 0) is 0 Å². The maximum Gasteiger partial charge on any atom is 0.254 e. The Morgan fingerprint density at radius 3 is 2.50 bits per heavy atom. The Morgan fingerprint density at radius 1 is 1.12 bits per heavy atom. The first kappa shape index (κ1) is 15.8. The van der Waals surface area contributed by atoms with E-state index in [9.17, 15) is 4.79 Å². The average Bonchev–Trinajstić information content (AvgIpc) is 3.31. The lowest BCUT2D eigenvalue weighted by molar-refractivity contribution is 0.0781. The van der Waals surface area contributed by atoms with Crippen LogP contribution in [0.15, 0.2) is 18.2 Å². The van der Waals surface area contributed by atoms with Gasteiger partial charge in [0.15, 0.2) is 11.5 Å². The van der Waals surface area contributed by atoms with E-state index < -0.39 is 0 Å². The number of carbonyl (C=O) groups is 1. The number of likely N-dealkylation sites (tertiary alicyclic amines) is 1. The summed E-state index contributed by atoms with van der Waals surface area (Å²) >= 11 is 0. The minimum Gasteiger partial charge on any atom is -0.493 e. The third-order valence-electron chi connectivity index (χ3n) is 5.68. The molecule has 1 saturated carbocycles. The second-order valence-corrected chi connectivity index (χ2v) is 7.28. The van der Waals surface area contributed by atoms with Gasteiger partial charge in [-0.2, -0.15) is 0 Å². The number of rotatable bonds is 4. The zero-order chi connectivity index (χ0) is 16.5. The van der Waals surface area contributed by atoms with Crippen LogP contribution in [-0.4, -0.2) is 50.2 Å². The number of benzene rings is 1. The van der Waals surface area contributed by atoms with E-state index in [1.165, 1.54) is 12.8 Å². The molecule has 2 heterocycles. The van der Waals surface area contributed by atoms with Crippen LogP contribution in [0.3, 0.4) is 0 Å². The Balaban J connectivity index is 1.47. The Hall–Kier alpha value is -1.75. The molecular formula is C19H26N2O3. The van der Waals surface area contributed by atoms with Crippen molar-refractivity contribution in [3.63, 3.8) is 0 Å². The van der Waals surface area contributed by atoms with Crippen molar-refractivity contribution in [2.75, 3.05) is 33.3 Å². The summed E-state index contributed by atoms with van der Waals surface area (Å²) in [6.45, 7) is 3.79. The predicted molar refractivity (Wildman–Crippen MR) is 91.6 cm³/mol. The van der Waals surface area contributed by atoms with Crippen LogP contribution in [0.4, 0.5) is 0 Å². The van der Waals surface area contributed by atoms with Crippen LogP contribution < -0.4 is 14.8 Å². The molecule has 3 fully saturated rings. The molecular weight excluding hydrogens is 304 g/mol. The summed E-state index contributed by atoms with van der Waals surface area (Å²) in [6, 6.07) is 5.60. The number of carbonyl (C=O) groups excluding carboxylic acids is 1. The van der Waals surface area contributed by atoms with Crippen molar-refractivity contribution in [2.24, 2.45) is 11.8 Å². The quantitative estimate of drug-likeness (QED) is 0.920. The maximum absolute atomic E-state index is 12.8. The molecule has 1 N–H and O–H groups in total. The fourth-order valence-corrected chi connectivity index (χ4v) is 4.29. The Labute approximate surface area is 143 Å². The number of hydrogen-bond donors (Lipinski definition) is 1. The number of ether oxygens (including phenoxy) is 2. The summed E-state index contributed by atoms with van der Waals surface area (Å²) in [5.41, 5.74) is 0.693. The van der Waals surface area contributed by atoms with Crippen molar-refractivity contribution < 1.29 is 14.3 Å². The molecule has 5 nitrogen and oxygen atoms in total. The molecule has 2 aliphatic heterocycles. The molecule has 3 aliphatic rings. The van der Waals surface area contributed by atoms with E-state index in [4.69, 9.17) is 9.47 Å². The number of fused-ring (bicyclic) bond motifs is 1. The first-order valence-electron chi connectivity index (χ1n) is 9.09. The second kappa shape index (κ2) is 6.63. The van der Waals surface area contributed by atoms with E-state index in [1.807, 2.05) is 23.1 Å². The summed E-state index contributed by atoms with van der Waals surface area (Å²) in [5.74, 6) is 2.74. The highest BCUT2D eigenvalue weighted by Crippen LogP contribution is 2.33. The Kier molecular flexibility index (Phi) is 4.35. The van der Waals surface area contributed by atoms with Gasteiger partial charge >= 0.3 is 0 Å². The normalized spacial score (nSPS) is 26.6. The largest absolute Gasteiger partial charge is 0.493 e. The van der Waals surface area contributed by atoms with Gasteiger partial charge in [0.2, 0.25) is 0 Å². The van der Waals surface area contributed by atoms with Crippen LogP contribution in [0.1, 0.15) is 36.0 Å². The van der Waals surface area contributed by atoms with Crippen molar-refractivity contribution in [1.29, 1.82) is 0 Å². The maximum atomic E-state index is 12.8. The van der Waals surface area contributed by atoms with E-state index >= 15 is 0 Å². The lowest BCUT2D eigenvalue weighted by Gasteiger charge is -2.20. The molecule has 2 atom stereocenters. The predicted octanol–water partition coefficient (Wildman–Crippen LogP) is 2.31. The number of nitrogens with zero attached hydrogens (tertiary/aromatic N) is 1. The van der Waals surface area contributed by atoms with E-state index in [0.717, 1.165) is 44.8 Å². The summed E-state index contributed by atoms with van der Waals surface area (Å²) in [6.07, 6.45) is 4.96. The average molecular weight is 330 g/mol. The van der Waals surface area contributed by atoms with E-state index in [2.05, 4.69) is 5.32 Å². The Bertz CT molecular complexity index is 601. The van der Waals surface area contributed by atoms with Gasteiger partial charge in [-0.15, -0.1) is 0 Å². The molecule has 0 unspecified atom stereocenters.